The standard InChI is InChI=1S/C10H13NO3/c1-6-3-7(14-2)4-8(10(6)13)9(12)5-11/h3-4,13H,5,11H2,1-2H3. The van der Waals surface area contributed by atoms with E-state index in [4.69, 9.17) is 10.5 Å². The average Bonchev–Trinajstić information content (AvgIpc) is 2.20. The van der Waals surface area contributed by atoms with Crippen molar-refractivity contribution in [2.24, 2.45) is 5.73 Å². The number of hydrogen-bond acceptors (Lipinski definition) is 4. The number of hydrogen-bond donors (Lipinski definition) is 2. The molecule has 1 aromatic rings. The van der Waals surface area contributed by atoms with Crippen molar-refractivity contribution < 1.29 is 14.6 Å². The number of ketones is 1. The molecule has 0 fully saturated rings. The molecule has 4 nitrogen and oxygen atoms in total. The van der Waals surface area contributed by atoms with E-state index in [0.29, 0.717) is 11.3 Å². The number of phenols is 1. The third-order valence-electron chi connectivity index (χ3n) is 2.00. The van der Waals surface area contributed by atoms with Gasteiger partial charge in [-0.15, -0.1) is 0 Å². The number of phenolic OH excluding ortho intramolecular Hbond substituents is 1. The van der Waals surface area contributed by atoms with Gasteiger partial charge in [0.1, 0.15) is 11.5 Å². The van der Waals surface area contributed by atoms with Gasteiger partial charge >= 0.3 is 0 Å². The molecule has 0 unspecified atom stereocenters. The number of Topliss-reactive ketones (excluding diaryl/α,β-unsaturated/α-hetero) is 1. The molecule has 0 spiro atoms. The predicted octanol–water partition coefficient (Wildman–Crippen LogP) is 0.851. The van der Waals surface area contributed by atoms with Gasteiger partial charge < -0.3 is 15.6 Å². The van der Waals surface area contributed by atoms with Crippen molar-refractivity contribution >= 4 is 5.78 Å². The topological polar surface area (TPSA) is 72.5 Å². The van der Waals surface area contributed by atoms with Gasteiger partial charge in [-0.05, 0) is 24.6 Å². The number of carbonyl (C=O) groups is 1. The maximum absolute atomic E-state index is 11.3. The van der Waals surface area contributed by atoms with Crippen molar-refractivity contribution in [3.05, 3.63) is 23.3 Å². The summed E-state index contributed by atoms with van der Waals surface area (Å²) in [5.41, 5.74) is 6.02. The molecule has 3 N–H and O–H groups in total. The number of ether oxygens (including phenoxy) is 1. The number of aryl methyl sites for hydroxylation is 1. The van der Waals surface area contributed by atoms with E-state index in [-0.39, 0.29) is 23.6 Å². The number of rotatable bonds is 3. The minimum Gasteiger partial charge on any atom is -0.507 e. The van der Waals surface area contributed by atoms with Crippen molar-refractivity contribution in [2.45, 2.75) is 6.92 Å². The van der Waals surface area contributed by atoms with E-state index >= 15 is 0 Å². The lowest BCUT2D eigenvalue weighted by Crippen LogP contribution is -2.14. The molecule has 0 radical (unpaired) electrons. The largest absolute Gasteiger partial charge is 0.507 e. The van der Waals surface area contributed by atoms with Crippen LogP contribution in [-0.2, 0) is 0 Å². The predicted molar refractivity (Wildman–Crippen MR) is 52.8 cm³/mol. The lowest BCUT2D eigenvalue weighted by atomic mass is 10.1. The fourth-order valence-corrected chi connectivity index (χ4v) is 1.19. The molecule has 0 aromatic heterocycles. The molecule has 0 saturated heterocycles. The monoisotopic (exact) mass is 195 g/mol. The van der Waals surface area contributed by atoms with Crippen molar-refractivity contribution in [3.63, 3.8) is 0 Å². The molecule has 0 aliphatic carbocycles. The van der Waals surface area contributed by atoms with E-state index in [1.807, 2.05) is 0 Å². The van der Waals surface area contributed by atoms with Crippen molar-refractivity contribution in [2.75, 3.05) is 13.7 Å². The molecule has 1 aromatic carbocycles. The minimum absolute atomic E-state index is 0.0266. The van der Waals surface area contributed by atoms with Crippen LogP contribution in [0.15, 0.2) is 12.1 Å². The van der Waals surface area contributed by atoms with Gasteiger partial charge in [-0.1, -0.05) is 0 Å². The summed E-state index contributed by atoms with van der Waals surface area (Å²) in [6, 6.07) is 3.14. The van der Waals surface area contributed by atoms with Crippen LogP contribution >= 0.6 is 0 Å². The second-order valence-corrected chi connectivity index (χ2v) is 2.97. The molecule has 0 aliphatic heterocycles. The summed E-state index contributed by atoms with van der Waals surface area (Å²) in [5, 5.41) is 9.59. The quantitative estimate of drug-likeness (QED) is 0.701. The van der Waals surface area contributed by atoms with Crippen LogP contribution in [0.25, 0.3) is 0 Å². The normalized spacial score (nSPS) is 9.93. The average molecular weight is 195 g/mol. The number of benzene rings is 1. The van der Waals surface area contributed by atoms with Crippen LogP contribution in [0.2, 0.25) is 0 Å². The summed E-state index contributed by atoms with van der Waals surface area (Å²) in [6.45, 7) is 1.57. The van der Waals surface area contributed by atoms with E-state index in [0.717, 1.165) is 0 Å². The highest BCUT2D eigenvalue weighted by Gasteiger charge is 2.13. The number of carbonyl (C=O) groups excluding carboxylic acids is 1. The van der Waals surface area contributed by atoms with Crippen LogP contribution in [0.5, 0.6) is 11.5 Å². The zero-order valence-corrected chi connectivity index (χ0v) is 8.20. The second-order valence-electron chi connectivity index (χ2n) is 2.97. The number of methoxy groups -OCH3 is 1. The Kier molecular flexibility index (Phi) is 3.09. The molecule has 4 heteroatoms. The number of nitrogens with two attached hydrogens (primary N) is 1. The third kappa shape index (κ3) is 1.85. The van der Waals surface area contributed by atoms with Gasteiger partial charge in [-0.25, -0.2) is 0 Å². The first-order valence-corrected chi connectivity index (χ1v) is 4.21. The summed E-state index contributed by atoms with van der Waals surface area (Å²) in [6.07, 6.45) is 0. The maximum Gasteiger partial charge on any atom is 0.180 e. The zero-order chi connectivity index (χ0) is 10.7. The Morgan fingerprint density at radius 2 is 2.21 bits per heavy atom. The van der Waals surface area contributed by atoms with Crippen LogP contribution < -0.4 is 10.5 Å². The molecule has 0 atom stereocenters. The van der Waals surface area contributed by atoms with Crippen LogP contribution in [-0.4, -0.2) is 24.5 Å². The lowest BCUT2D eigenvalue weighted by molar-refractivity contribution is 0.0998. The van der Waals surface area contributed by atoms with Crippen molar-refractivity contribution in [1.82, 2.24) is 0 Å². The third-order valence-corrected chi connectivity index (χ3v) is 2.00. The van der Waals surface area contributed by atoms with Crippen LogP contribution in [0, 0.1) is 6.92 Å². The van der Waals surface area contributed by atoms with Crippen molar-refractivity contribution in [1.29, 1.82) is 0 Å². The summed E-state index contributed by atoms with van der Waals surface area (Å²) >= 11 is 0. The van der Waals surface area contributed by atoms with Gasteiger partial charge in [-0.2, -0.15) is 0 Å². The van der Waals surface area contributed by atoms with E-state index in [2.05, 4.69) is 0 Å². The SMILES string of the molecule is COc1cc(C)c(O)c(C(=O)CN)c1. The van der Waals surface area contributed by atoms with Gasteiger partial charge in [-0.3, -0.25) is 4.79 Å². The highest BCUT2D eigenvalue weighted by atomic mass is 16.5. The second kappa shape index (κ2) is 4.11. The summed E-state index contributed by atoms with van der Waals surface area (Å²) in [5.74, 6) is 0.211. The van der Waals surface area contributed by atoms with Crippen LogP contribution in [0.4, 0.5) is 0 Å². The molecular formula is C10H13NO3. The van der Waals surface area contributed by atoms with Gasteiger partial charge in [0, 0.05) is 0 Å². The van der Waals surface area contributed by atoms with E-state index in [9.17, 15) is 9.90 Å². The Hall–Kier alpha value is -1.55. The Balaban J connectivity index is 3.27. The molecule has 0 aliphatic rings. The molecule has 14 heavy (non-hydrogen) atoms. The van der Waals surface area contributed by atoms with Gasteiger partial charge in [0.15, 0.2) is 5.78 Å². The Morgan fingerprint density at radius 1 is 1.57 bits per heavy atom. The van der Waals surface area contributed by atoms with E-state index in [1.165, 1.54) is 13.2 Å². The summed E-state index contributed by atoms with van der Waals surface area (Å²) in [4.78, 5) is 11.3. The molecule has 0 amide bonds. The van der Waals surface area contributed by atoms with E-state index in [1.54, 1.807) is 13.0 Å². The van der Waals surface area contributed by atoms with Crippen LogP contribution in [0.1, 0.15) is 15.9 Å². The van der Waals surface area contributed by atoms with E-state index < -0.39 is 0 Å². The molecular weight excluding hydrogens is 182 g/mol. The summed E-state index contributed by atoms with van der Waals surface area (Å²) < 4.78 is 4.98. The lowest BCUT2D eigenvalue weighted by Gasteiger charge is -2.08. The maximum atomic E-state index is 11.3. The Labute approximate surface area is 82.3 Å². The fourth-order valence-electron chi connectivity index (χ4n) is 1.19. The van der Waals surface area contributed by atoms with Gasteiger partial charge in [0.25, 0.3) is 0 Å². The first-order chi connectivity index (χ1) is 6.60. The molecule has 0 heterocycles. The highest BCUT2D eigenvalue weighted by molar-refractivity contribution is 6.00. The zero-order valence-electron chi connectivity index (χ0n) is 8.20. The molecule has 0 saturated carbocycles. The molecule has 1 rings (SSSR count). The highest BCUT2D eigenvalue weighted by Crippen LogP contribution is 2.27. The smallest absolute Gasteiger partial charge is 0.180 e. The van der Waals surface area contributed by atoms with Gasteiger partial charge in [0.05, 0.1) is 19.2 Å². The summed E-state index contributed by atoms with van der Waals surface area (Å²) in [7, 11) is 1.50. The van der Waals surface area contributed by atoms with Crippen molar-refractivity contribution in [3.8, 4) is 11.5 Å². The fraction of sp³-hybridized carbons (Fsp3) is 0.300. The number of aromatic hydroxyl groups is 1. The first kappa shape index (κ1) is 10.5. The first-order valence-electron chi connectivity index (χ1n) is 4.21. The van der Waals surface area contributed by atoms with Gasteiger partial charge in [0.2, 0.25) is 0 Å². The molecule has 0 bridgehead atoms. The minimum atomic E-state index is -0.301. The Morgan fingerprint density at radius 3 is 2.71 bits per heavy atom. The van der Waals surface area contributed by atoms with Crippen LogP contribution in [0.3, 0.4) is 0 Å². The Bertz CT molecular complexity index is 361. The molecule has 76 valence electrons.